The van der Waals surface area contributed by atoms with Crippen molar-refractivity contribution in [1.29, 1.82) is 0 Å². The molecule has 3 heteroatoms. The smallest absolute Gasteiger partial charge is 0.184 e. The van der Waals surface area contributed by atoms with E-state index in [0.717, 1.165) is 12.0 Å². The lowest BCUT2D eigenvalue weighted by Crippen LogP contribution is -2.42. The summed E-state index contributed by atoms with van der Waals surface area (Å²) in [5.74, 6) is 0. The van der Waals surface area contributed by atoms with E-state index < -0.39 is 0 Å². The predicted octanol–water partition coefficient (Wildman–Crippen LogP) is 2.40. The molecule has 0 aromatic heterocycles. The fraction of sp³-hybridized carbons (Fsp3) is 0.385. The number of fused-ring (bicyclic) bond motifs is 1. The number of ether oxygens (including phenoxy) is 3. The van der Waals surface area contributed by atoms with Gasteiger partial charge in [0.2, 0.25) is 0 Å². The molecule has 3 nitrogen and oxygen atoms in total. The van der Waals surface area contributed by atoms with Gasteiger partial charge in [-0.3, -0.25) is 0 Å². The van der Waals surface area contributed by atoms with E-state index in [9.17, 15) is 0 Å². The van der Waals surface area contributed by atoms with Gasteiger partial charge in [0.15, 0.2) is 6.29 Å². The van der Waals surface area contributed by atoms with Gasteiger partial charge in [0.1, 0.15) is 12.2 Å². The summed E-state index contributed by atoms with van der Waals surface area (Å²) in [4.78, 5) is 0. The van der Waals surface area contributed by atoms with E-state index in [1.165, 1.54) is 0 Å². The second kappa shape index (κ2) is 4.28. The molecule has 2 heterocycles. The Balaban J connectivity index is 1.74. The van der Waals surface area contributed by atoms with Gasteiger partial charge in [0, 0.05) is 5.56 Å². The zero-order valence-electron chi connectivity index (χ0n) is 8.91. The van der Waals surface area contributed by atoms with Crippen molar-refractivity contribution in [2.24, 2.45) is 0 Å². The number of hydrogen-bond donors (Lipinski definition) is 0. The molecule has 1 fully saturated rings. The maximum atomic E-state index is 5.88. The molecule has 0 saturated carbocycles. The molecule has 2 aliphatic heterocycles. The molecule has 1 saturated heterocycles. The van der Waals surface area contributed by atoms with Gasteiger partial charge < -0.3 is 14.2 Å². The zero-order chi connectivity index (χ0) is 10.8. The first-order valence-electron chi connectivity index (χ1n) is 5.56. The minimum Gasteiger partial charge on any atom is -0.493 e. The van der Waals surface area contributed by atoms with Crippen LogP contribution in [0.3, 0.4) is 0 Å². The monoisotopic (exact) mass is 218 g/mol. The van der Waals surface area contributed by atoms with Gasteiger partial charge in [-0.1, -0.05) is 30.3 Å². The highest BCUT2D eigenvalue weighted by Crippen LogP contribution is 2.30. The Labute approximate surface area is 94.6 Å². The second-order valence-electron chi connectivity index (χ2n) is 4.03. The first-order chi connectivity index (χ1) is 7.93. The van der Waals surface area contributed by atoms with Crippen molar-refractivity contribution in [1.82, 2.24) is 0 Å². The SMILES string of the molecule is C1=COC2COC(c3ccccc3)OC2C1. The van der Waals surface area contributed by atoms with Crippen molar-refractivity contribution < 1.29 is 14.2 Å². The van der Waals surface area contributed by atoms with Crippen molar-refractivity contribution in [2.45, 2.75) is 24.9 Å². The average Bonchev–Trinajstić information content (AvgIpc) is 2.39. The van der Waals surface area contributed by atoms with Crippen LogP contribution in [0.25, 0.3) is 0 Å². The molecule has 0 aliphatic carbocycles. The Morgan fingerprint density at radius 1 is 1.06 bits per heavy atom. The molecule has 0 N–H and O–H groups in total. The molecule has 84 valence electrons. The van der Waals surface area contributed by atoms with E-state index in [1.54, 1.807) is 6.26 Å². The summed E-state index contributed by atoms with van der Waals surface area (Å²) in [5.41, 5.74) is 1.07. The van der Waals surface area contributed by atoms with Gasteiger partial charge in [0.25, 0.3) is 0 Å². The molecule has 3 unspecified atom stereocenters. The highest BCUT2D eigenvalue weighted by Gasteiger charge is 2.34. The Morgan fingerprint density at radius 2 is 1.94 bits per heavy atom. The molecule has 0 radical (unpaired) electrons. The van der Waals surface area contributed by atoms with Gasteiger partial charge in [-0.25, -0.2) is 0 Å². The molecular formula is C13H14O3. The molecule has 1 aromatic rings. The second-order valence-corrected chi connectivity index (χ2v) is 4.03. The first kappa shape index (κ1) is 9.87. The van der Waals surface area contributed by atoms with Crippen LogP contribution in [0.2, 0.25) is 0 Å². The lowest BCUT2D eigenvalue weighted by Gasteiger charge is -2.37. The van der Waals surface area contributed by atoms with Crippen LogP contribution in [0.5, 0.6) is 0 Å². The van der Waals surface area contributed by atoms with Crippen molar-refractivity contribution in [3.8, 4) is 0 Å². The molecular weight excluding hydrogens is 204 g/mol. The van der Waals surface area contributed by atoms with Gasteiger partial charge in [-0.15, -0.1) is 0 Å². The van der Waals surface area contributed by atoms with Gasteiger partial charge in [0.05, 0.1) is 12.9 Å². The van der Waals surface area contributed by atoms with Crippen LogP contribution in [-0.2, 0) is 14.2 Å². The van der Waals surface area contributed by atoms with Crippen molar-refractivity contribution in [3.05, 3.63) is 48.2 Å². The fourth-order valence-corrected chi connectivity index (χ4v) is 2.04. The molecule has 3 atom stereocenters. The van der Waals surface area contributed by atoms with E-state index in [0.29, 0.717) is 6.61 Å². The van der Waals surface area contributed by atoms with Crippen LogP contribution in [0.15, 0.2) is 42.7 Å². The van der Waals surface area contributed by atoms with Crippen LogP contribution >= 0.6 is 0 Å². The summed E-state index contributed by atoms with van der Waals surface area (Å²) in [6.07, 6.45) is 4.54. The van der Waals surface area contributed by atoms with E-state index >= 15 is 0 Å². The highest BCUT2D eigenvalue weighted by molar-refractivity contribution is 5.16. The lowest BCUT2D eigenvalue weighted by molar-refractivity contribution is -0.259. The molecule has 0 amide bonds. The van der Waals surface area contributed by atoms with Crippen LogP contribution in [0, 0.1) is 0 Å². The van der Waals surface area contributed by atoms with Gasteiger partial charge in [-0.2, -0.15) is 0 Å². The van der Waals surface area contributed by atoms with Crippen LogP contribution in [0.1, 0.15) is 18.3 Å². The summed E-state index contributed by atoms with van der Waals surface area (Å²) in [5, 5.41) is 0. The summed E-state index contributed by atoms with van der Waals surface area (Å²) >= 11 is 0. The van der Waals surface area contributed by atoms with E-state index in [-0.39, 0.29) is 18.5 Å². The Morgan fingerprint density at radius 3 is 2.81 bits per heavy atom. The third-order valence-corrected chi connectivity index (χ3v) is 2.91. The Kier molecular flexibility index (Phi) is 2.64. The predicted molar refractivity (Wildman–Crippen MR) is 58.6 cm³/mol. The maximum Gasteiger partial charge on any atom is 0.184 e. The van der Waals surface area contributed by atoms with Crippen LogP contribution < -0.4 is 0 Å². The van der Waals surface area contributed by atoms with Crippen LogP contribution in [0.4, 0.5) is 0 Å². The quantitative estimate of drug-likeness (QED) is 0.724. The third-order valence-electron chi connectivity index (χ3n) is 2.91. The Bertz CT molecular complexity index is 374. The largest absolute Gasteiger partial charge is 0.493 e. The standard InChI is InChI=1S/C13H14O3/c1-2-5-10(6-3-1)13-15-9-12-11(16-13)7-4-8-14-12/h1-6,8,11-13H,7,9H2. The lowest BCUT2D eigenvalue weighted by atomic mass is 10.1. The van der Waals surface area contributed by atoms with Gasteiger partial charge in [-0.05, 0) is 12.5 Å². The average molecular weight is 218 g/mol. The topological polar surface area (TPSA) is 27.7 Å². The van der Waals surface area contributed by atoms with Crippen LogP contribution in [-0.4, -0.2) is 18.8 Å². The third kappa shape index (κ3) is 1.84. The van der Waals surface area contributed by atoms with Crippen molar-refractivity contribution in [3.63, 3.8) is 0 Å². The molecule has 16 heavy (non-hydrogen) atoms. The highest BCUT2D eigenvalue weighted by atomic mass is 16.7. The zero-order valence-corrected chi connectivity index (χ0v) is 8.91. The van der Waals surface area contributed by atoms with E-state index in [4.69, 9.17) is 14.2 Å². The normalized spacial score (nSPS) is 32.9. The molecule has 0 bridgehead atoms. The minimum absolute atomic E-state index is 0.0463. The minimum atomic E-state index is -0.252. The Hall–Kier alpha value is -1.32. The fourth-order valence-electron chi connectivity index (χ4n) is 2.04. The summed E-state index contributed by atoms with van der Waals surface area (Å²) in [7, 11) is 0. The van der Waals surface area contributed by atoms with E-state index in [1.807, 2.05) is 36.4 Å². The van der Waals surface area contributed by atoms with Crippen molar-refractivity contribution in [2.75, 3.05) is 6.61 Å². The molecule has 1 aromatic carbocycles. The first-order valence-corrected chi connectivity index (χ1v) is 5.56. The number of hydrogen-bond acceptors (Lipinski definition) is 3. The maximum absolute atomic E-state index is 5.88. The van der Waals surface area contributed by atoms with E-state index in [2.05, 4.69) is 0 Å². The summed E-state index contributed by atoms with van der Waals surface area (Å²) in [6, 6.07) is 10.0. The van der Waals surface area contributed by atoms with Crippen molar-refractivity contribution >= 4 is 0 Å². The summed E-state index contributed by atoms with van der Waals surface area (Å²) < 4.78 is 17.0. The number of benzene rings is 1. The summed E-state index contributed by atoms with van der Waals surface area (Å²) in [6.45, 7) is 0.592. The molecule has 2 aliphatic rings. The number of rotatable bonds is 1. The molecule has 3 rings (SSSR count). The molecule has 0 spiro atoms. The van der Waals surface area contributed by atoms with Gasteiger partial charge >= 0.3 is 0 Å².